The Morgan fingerprint density at radius 2 is 1.83 bits per heavy atom. The summed E-state index contributed by atoms with van der Waals surface area (Å²) >= 11 is 0. The standard InChI is InChI=1S/C19H29F3N4O2S.HI/c1-17(2,26-29(4,27)28)12-24-16(23-3)25-13-18(9-6-10-18)14-7-5-8-15(11-14)19(20,21)22;/h5,7-8,11,26H,6,9-10,12-13H2,1-4H3,(H2,23,24,25);1H. The average Bonchev–Trinajstić information content (AvgIpc) is 2.54. The van der Waals surface area contributed by atoms with Crippen molar-refractivity contribution in [2.24, 2.45) is 4.99 Å². The monoisotopic (exact) mass is 562 g/mol. The first-order valence-corrected chi connectivity index (χ1v) is 11.3. The lowest BCUT2D eigenvalue weighted by molar-refractivity contribution is -0.137. The first kappa shape index (κ1) is 27.0. The second-order valence-electron chi connectivity index (χ2n) is 8.25. The molecule has 11 heteroatoms. The Morgan fingerprint density at radius 3 is 2.30 bits per heavy atom. The molecular formula is C19H30F3IN4O2S. The van der Waals surface area contributed by atoms with Crippen LogP contribution in [0.2, 0.25) is 0 Å². The number of sulfonamides is 1. The van der Waals surface area contributed by atoms with Crippen LogP contribution in [-0.2, 0) is 21.6 Å². The Kier molecular flexibility index (Phi) is 9.01. The van der Waals surface area contributed by atoms with Crippen LogP contribution in [0.1, 0.15) is 44.2 Å². The van der Waals surface area contributed by atoms with Gasteiger partial charge in [-0.15, -0.1) is 24.0 Å². The fourth-order valence-electron chi connectivity index (χ4n) is 3.51. The summed E-state index contributed by atoms with van der Waals surface area (Å²) in [5.74, 6) is 0.464. The lowest BCUT2D eigenvalue weighted by Gasteiger charge is -2.43. The van der Waals surface area contributed by atoms with E-state index in [0.29, 0.717) is 18.1 Å². The first-order chi connectivity index (χ1) is 13.3. The molecule has 1 aliphatic carbocycles. The smallest absolute Gasteiger partial charge is 0.356 e. The Hall–Kier alpha value is -1.08. The third-order valence-electron chi connectivity index (χ3n) is 5.09. The molecule has 1 aliphatic rings. The third-order valence-corrected chi connectivity index (χ3v) is 6.01. The zero-order valence-electron chi connectivity index (χ0n) is 17.6. The van der Waals surface area contributed by atoms with Gasteiger partial charge in [0.05, 0.1) is 11.8 Å². The summed E-state index contributed by atoms with van der Waals surface area (Å²) in [4.78, 5) is 4.14. The van der Waals surface area contributed by atoms with Crippen molar-refractivity contribution >= 4 is 40.0 Å². The number of rotatable bonds is 7. The van der Waals surface area contributed by atoms with E-state index >= 15 is 0 Å². The van der Waals surface area contributed by atoms with Gasteiger partial charge in [-0.3, -0.25) is 4.99 Å². The summed E-state index contributed by atoms with van der Waals surface area (Å²) < 4.78 is 64.7. The molecule has 0 aliphatic heterocycles. The first-order valence-electron chi connectivity index (χ1n) is 9.38. The van der Waals surface area contributed by atoms with E-state index in [1.54, 1.807) is 27.0 Å². The van der Waals surface area contributed by atoms with Crippen molar-refractivity contribution in [1.82, 2.24) is 15.4 Å². The molecule has 1 saturated carbocycles. The van der Waals surface area contributed by atoms with E-state index in [1.165, 1.54) is 12.1 Å². The summed E-state index contributed by atoms with van der Waals surface area (Å²) in [6.45, 7) is 4.21. The zero-order chi connectivity index (χ0) is 21.9. The molecule has 1 fully saturated rings. The van der Waals surface area contributed by atoms with Crippen LogP contribution in [0, 0.1) is 0 Å². The van der Waals surface area contributed by atoms with Gasteiger partial charge in [-0.2, -0.15) is 13.2 Å². The van der Waals surface area contributed by atoms with Crippen LogP contribution in [-0.4, -0.2) is 46.3 Å². The summed E-state index contributed by atoms with van der Waals surface area (Å²) in [5, 5.41) is 6.26. The van der Waals surface area contributed by atoms with E-state index in [0.717, 1.165) is 31.6 Å². The minimum Gasteiger partial charge on any atom is -0.356 e. The number of halogens is 4. The van der Waals surface area contributed by atoms with Crippen LogP contribution >= 0.6 is 24.0 Å². The van der Waals surface area contributed by atoms with Gasteiger partial charge in [0.1, 0.15) is 0 Å². The van der Waals surface area contributed by atoms with Crippen LogP contribution in [0.15, 0.2) is 29.3 Å². The van der Waals surface area contributed by atoms with E-state index in [4.69, 9.17) is 0 Å². The molecule has 3 N–H and O–H groups in total. The number of guanidine groups is 1. The van der Waals surface area contributed by atoms with Crippen molar-refractivity contribution in [3.8, 4) is 0 Å². The van der Waals surface area contributed by atoms with Crippen molar-refractivity contribution in [2.45, 2.75) is 50.2 Å². The van der Waals surface area contributed by atoms with Gasteiger partial charge < -0.3 is 10.6 Å². The van der Waals surface area contributed by atoms with Gasteiger partial charge in [0.25, 0.3) is 0 Å². The predicted octanol–water partition coefficient (Wildman–Crippen LogP) is 3.24. The lowest BCUT2D eigenvalue weighted by atomic mass is 9.64. The average molecular weight is 562 g/mol. The number of nitrogens with one attached hydrogen (secondary N) is 3. The molecule has 0 radical (unpaired) electrons. The van der Waals surface area contributed by atoms with Gasteiger partial charge in [-0.05, 0) is 38.3 Å². The van der Waals surface area contributed by atoms with Crippen molar-refractivity contribution in [2.75, 3.05) is 26.4 Å². The lowest BCUT2D eigenvalue weighted by Crippen LogP contribution is -2.54. The fraction of sp³-hybridized carbons (Fsp3) is 0.632. The summed E-state index contributed by atoms with van der Waals surface area (Å²) in [7, 11) is -1.77. The van der Waals surface area contributed by atoms with E-state index in [9.17, 15) is 21.6 Å². The Labute approximate surface area is 193 Å². The number of alkyl halides is 3. The Balaban J connectivity index is 0.00000450. The number of hydrogen-bond acceptors (Lipinski definition) is 3. The molecule has 0 aromatic heterocycles. The number of nitrogens with zero attached hydrogens (tertiary/aromatic N) is 1. The molecule has 172 valence electrons. The SMILES string of the molecule is CN=C(NCC(C)(C)NS(C)(=O)=O)NCC1(c2cccc(C(F)(F)F)c2)CCC1.I. The minimum atomic E-state index is -4.37. The molecule has 30 heavy (non-hydrogen) atoms. The van der Waals surface area contributed by atoms with E-state index in [1.807, 2.05) is 0 Å². The van der Waals surface area contributed by atoms with Gasteiger partial charge >= 0.3 is 6.18 Å². The van der Waals surface area contributed by atoms with Gasteiger partial charge in [0.15, 0.2) is 5.96 Å². The number of benzene rings is 1. The molecule has 2 rings (SSSR count). The van der Waals surface area contributed by atoms with Crippen LogP contribution < -0.4 is 15.4 Å². The molecule has 1 aromatic rings. The third kappa shape index (κ3) is 7.56. The molecule has 0 heterocycles. The maximum atomic E-state index is 13.1. The highest BCUT2D eigenvalue weighted by atomic mass is 127. The highest BCUT2D eigenvalue weighted by molar-refractivity contribution is 14.0. The van der Waals surface area contributed by atoms with E-state index in [2.05, 4.69) is 20.3 Å². The quantitative estimate of drug-likeness (QED) is 0.271. The normalized spacial score (nSPS) is 17.0. The minimum absolute atomic E-state index is 0. The van der Waals surface area contributed by atoms with E-state index < -0.39 is 27.3 Å². The highest BCUT2D eigenvalue weighted by Crippen LogP contribution is 2.44. The molecule has 1 aromatic carbocycles. The van der Waals surface area contributed by atoms with Gasteiger partial charge in [0, 0.05) is 31.1 Å². The predicted molar refractivity (Wildman–Crippen MR) is 124 cm³/mol. The van der Waals surface area contributed by atoms with Crippen LogP contribution in [0.4, 0.5) is 13.2 Å². The van der Waals surface area contributed by atoms with Crippen molar-refractivity contribution in [3.63, 3.8) is 0 Å². The Bertz CT molecular complexity index is 854. The molecule has 0 amide bonds. The number of aliphatic imine (C=N–C) groups is 1. The summed E-state index contributed by atoms with van der Waals surface area (Å²) in [6, 6.07) is 5.51. The molecule has 0 saturated heterocycles. The second-order valence-corrected chi connectivity index (χ2v) is 10.00. The molecule has 0 spiro atoms. The largest absolute Gasteiger partial charge is 0.416 e. The number of hydrogen-bond donors (Lipinski definition) is 3. The van der Waals surface area contributed by atoms with Crippen molar-refractivity contribution in [1.29, 1.82) is 0 Å². The van der Waals surface area contributed by atoms with Crippen molar-refractivity contribution in [3.05, 3.63) is 35.4 Å². The Morgan fingerprint density at radius 1 is 1.20 bits per heavy atom. The molecule has 6 nitrogen and oxygen atoms in total. The van der Waals surface area contributed by atoms with Gasteiger partial charge in [-0.1, -0.05) is 24.6 Å². The highest BCUT2D eigenvalue weighted by Gasteiger charge is 2.40. The van der Waals surface area contributed by atoms with Crippen LogP contribution in [0.5, 0.6) is 0 Å². The topological polar surface area (TPSA) is 82.6 Å². The van der Waals surface area contributed by atoms with E-state index in [-0.39, 0.29) is 35.9 Å². The van der Waals surface area contributed by atoms with Crippen LogP contribution in [0.3, 0.4) is 0 Å². The molecule has 0 unspecified atom stereocenters. The van der Waals surface area contributed by atoms with Gasteiger partial charge in [-0.25, -0.2) is 13.1 Å². The molecule has 0 atom stereocenters. The maximum absolute atomic E-state index is 13.1. The van der Waals surface area contributed by atoms with Crippen molar-refractivity contribution < 1.29 is 21.6 Å². The summed E-state index contributed by atoms with van der Waals surface area (Å²) in [5.41, 5.74) is -1.09. The van der Waals surface area contributed by atoms with Gasteiger partial charge in [0.2, 0.25) is 10.0 Å². The second kappa shape index (κ2) is 10.0. The fourth-order valence-corrected chi connectivity index (χ4v) is 4.59. The summed E-state index contributed by atoms with van der Waals surface area (Å²) in [6.07, 6.45) is -0.741. The molecule has 0 bridgehead atoms. The molecular weight excluding hydrogens is 532 g/mol. The van der Waals surface area contributed by atoms with Crippen LogP contribution in [0.25, 0.3) is 0 Å². The maximum Gasteiger partial charge on any atom is 0.416 e. The zero-order valence-corrected chi connectivity index (χ0v) is 20.7.